The molecule has 0 aliphatic heterocycles. The maximum atomic E-state index is 12.3. The molecule has 1 unspecified atom stereocenters. The van der Waals surface area contributed by atoms with E-state index in [9.17, 15) is 9.90 Å². The molecule has 2 aromatic rings. The minimum absolute atomic E-state index is 0.185. The highest BCUT2D eigenvalue weighted by Crippen LogP contribution is 2.28. The largest absolute Gasteiger partial charge is 0.490 e. The van der Waals surface area contributed by atoms with Crippen molar-refractivity contribution in [3.05, 3.63) is 59.7 Å². The molecule has 2 aromatic carbocycles. The zero-order valence-electron chi connectivity index (χ0n) is 14.7. The lowest BCUT2D eigenvalue weighted by Gasteiger charge is -2.14. The molecule has 134 valence electrons. The molecule has 0 spiro atoms. The van der Waals surface area contributed by atoms with Crippen LogP contribution in [-0.4, -0.2) is 36.9 Å². The van der Waals surface area contributed by atoms with E-state index in [1.165, 1.54) is 0 Å². The quantitative estimate of drug-likeness (QED) is 0.735. The maximum absolute atomic E-state index is 12.3. The van der Waals surface area contributed by atoms with Crippen molar-refractivity contribution in [2.45, 2.75) is 26.4 Å². The number of benzene rings is 2. The van der Waals surface area contributed by atoms with Crippen LogP contribution in [-0.2, 0) is 6.42 Å². The van der Waals surface area contributed by atoms with Gasteiger partial charge >= 0.3 is 0 Å². The number of carbonyl (C=O) groups excluding carboxylic acids is 1. The van der Waals surface area contributed by atoms with Gasteiger partial charge in [-0.05, 0) is 37.6 Å². The summed E-state index contributed by atoms with van der Waals surface area (Å²) >= 11 is 0. The lowest BCUT2D eigenvalue weighted by Crippen LogP contribution is -2.33. The average Bonchev–Trinajstić information content (AvgIpc) is 2.62. The van der Waals surface area contributed by atoms with E-state index in [1.807, 2.05) is 44.2 Å². The summed E-state index contributed by atoms with van der Waals surface area (Å²) in [7, 11) is 0. The molecule has 0 bridgehead atoms. The summed E-state index contributed by atoms with van der Waals surface area (Å²) in [5, 5.41) is 12.8. The van der Waals surface area contributed by atoms with Crippen LogP contribution in [0.2, 0.25) is 0 Å². The Bertz CT molecular complexity index is 673. The third-order valence-corrected chi connectivity index (χ3v) is 3.62. The van der Waals surface area contributed by atoms with Gasteiger partial charge in [-0.3, -0.25) is 4.79 Å². The molecule has 0 saturated carbocycles. The van der Waals surface area contributed by atoms with Gasteiger partial charge in [-0.15, -0.1) is 0 Å². The fourth-order valence-corrected chi connectivity index (χ4v) is 2.46. The molecule has 2 N–H and O–H groups in total. The SMILES string of the molecule is CCOc1ccc(C(=O)NCC(O)Cc2ccccc2)cc1OCC. The molecule has 2 rings (SSSR count). The highest BCUT2D eigenvalue weighted by Gasteiger charge is 2.13. The Hall–Kier alpha value is -2.53. The summed E-state index contributed by atoms with van der Waals surface area (Å²) in [6, 6.07) is 14.8. The van der Waals surface area contributed by atoms with Gasteiger partial charge in [0, 0.05) is 18.5 Å². The number of nitrogens with one attached hydrogen (secondary N) is 1. The predicted molar refractivity (Wildman–Crippen MR) is 97.3 cm³/mol. The van der Waals surface area contributed by atoms with E-state index in [0.717, 1.165) is 5.56 Å². The third-order valence-electron chi connectivity index (χ3n) is 3.62. The van der Waals surface area contributed by atoms with Crippen LogP contribution in [0.25, 0.3) is 0 Å². The van der Waals surface area contributed by atoms with E-state index in [4.69, 9.17) is 9.47 Å². The minimum Gasteiger partial charge on any atom is -0.490 e. The Morgan fingerprint density at radius 3 is 2.40 bits per heavy atom. The van der Waals surface area contributed by atoms with Gasteiger partial charge in [0.05, 0.1) is 19.3 Å². The molecule has 1 atom stereocenters. The van der Waals surface area contributed by atoms with Crippen LogP contribution in [0.5, 0.6) is 11.5 Å². The summed E-state index contributed by atoms with van der Waals surface area (Å²) < 4.78 is 11.0. The van der Waals surface area contributed by atoms with Crippen LogP contribution >= 0.6 is 0 Å². The highest BCUT2D eigenvalue weighted by atomic mass is 16.5. The first-order valence-corrected chi connectivity index (χ1v) is 8.53. The van der Waals surface area contributed by atoms with Gasteiger partial charge in [-0.25, -0.2) is 0 Å². The molecule has 0 aliphatic rings. The number of hydrogen-bond donors (Lipinski definition) is 2. The van der Waals surface area contributed by atoms with E-state index in [2.05, 4.69) is 5.32 Å². The first kappa shape index (κ1) is 18.8. The van der Waals surface area contributed by atoms with E-state index < -0.39 is 6.10 Å². The Labute approximate surface area is 148 Å². The summed E-state index contributed by atoms with van der Waals surface area (Å²) in [6.07, 6.45) is -0.144. The molecule has 0 aliphatic carbocycles. The Balaban J connectivity index is 1.94. The number of aliphatic hydroxyl groups excluding tert-OH is 1. The number of ether oxygens (including phenoxy) is 2. The molecule has 0 heterocycles. The fourth-order valence-electron chi connectivity index (χ4n) is 2.46. The Morgan fingerprint density at radius 1 is 1.04 bits per heavy atom. The van der Waals surface area contributed by atoms with Crippen LogP contribution in [0, 0.1) is 0 Å². The lowest BCUT2D eigenvalue weighted by molar-refractivity contribution is 0.0915. The summed E-state index contributed by atoms with van der Waals surface area (Å²) in [5.41, 5.74) is 1.50. The summed E-state index contributed by atoms with van der Waals surface area (Å²) in [6.45, 7) is 4.97. The molecule has 0 fully saturated rings. The second kappa shape index (κ2) is 9.69. The van der Waals surface area contributed by atoms with Crippen molar-refractivity contribution in [3.63, 3.8) is 0 Å². The van der Waals surface area contributed by atoms with Crippen molar-refractivity contribution in [1.82, 2.24) is 5.32 Å². The molecular weight excluding hydrogens is 318 g/mol. The van der Waals surface area contributed by atoms with Gasteiger partial charge < -0.3 is 19.9 Å². The van der Waals surface area contributed by atoms with Crippen molar-refractivity contribution < 1.29 is 19.4 Å². The van der Waals surface area contributed by atoms with Crippen molar-refractivity contribution in [2.75, 3.05) is 19.8 Å². The zero-order chi connectivity index (χ0) is 18.1. The Morgan fingerprint density at radius 2 is 1.72 bits per heavy atom. The van der Waals surface area contributed by atoms with Crippen LogP contribution in [0.15, 0.2) is 48.5 Å². The molecule has 1 amide bonds. The summed E-state index contributed by atoms with van der Waals surface area (Å²) in [5.74, 6) is 0.906. The van der Waals surface area contributed by atoms with E-state index in [1.54, 1.807) is 18.2 Å². The van der Waals surface area contributed by atoms with Crippen LogP contribution < -0.4 is 14.8 Å². The van der Waals surface area contributed by atoms with E-state index >= 15 is 0 Å². The smallest absolute Gasteiger partial charge is 0.251 e. The maximum Gasteiger partial charge on any atom is 0.251 e. The fraction of sp³-hybridized carbons (Fsp3) is 0.350. The molecule has 5 nitrogen and oxygen atoms in total. The number of hydrogen-bond acceptors (Lipinski definition) is 4. The highest BCUT2D eigenvalue weighted by molar-refractivity contribution is 5.94. The van der Waals surface area contributed by atoms with Crippen molar-refractivity contribution in [2.24, 2.45) is 0 Å². The number of amides is 1. The van der Waals surface area contributed by atoms with Crippen molar-refractivity contribution in [1.29, 1.82) is 0 Å². The van der Waals surface area contributed by atoms with Gasteiger partial charge in [0.2, 0.25) is 0 Å². The molecular formula is C20H25NO4. The second-order valence-corrected chi connectivity index (χ2v) is 5.58. The number of rotatable bonds is 9. The average molecular weight is 343 g/mol. The first-order valence-electron chi connectivity index (χ1n) is 8.53. The molecule has 5 heteroatoms. The molecule has 0 radical (unpaired) electrons. The van der Waals surface area contributed by atoms with Crippen LogP contribution in [0.1, 0.15) is 29.8 Å². The monoisotopic (exact) mass is 343 g/mol. The van der Waals surface area contributed by atoms with E-state index in [0.29, 0.717) is 36.7 Å². The minimum atomic E-state index is -0.639. The van der Waals surface area contributed by atoms with Crippen molar-refractivity contribution in [3.8, 4) is 11.5 Å². The van der Waals surface area contributed by atoms with Gasteiger partial charge in [-0.1, -0.05) is 30.3 Å². The number of carbonyl (C=O) groups is 1. The lowest BCUT2D eigenvalue weighted by atomic mass is 10.1. The topological polar surface area (TPSA) is 67.8 Å². The second-order valence-electron chi connectivity index (χ2n) is 5.58. The van der Waals surface area contributed by atoms with E-state index in [-0.39, 0.29) is 12.5 Å². The predicted octanol–water partition coefficient (Wildman–Crippen LogP) is 2.82. The van der Waals surface area contributed by atoms with Crippen LogP contribution in [0.4, 0.5) is 0 Å². The van der Waals surface area contributed by atoms with Crippen LogP contribution in [0.3, 0.4) is 0 Å². The van der Waals surface area contributed by atoms with Crippen molar-refractivity contribution >= 4 is 5.91 Å². The third kappa shape index (κ3) is 5.80. The standard InChI is InChI=1S/C20H25NO4/c1-3-24-18-11-10-16(13-19(18)25-4-2)20(23)21-14-17(22)12-15-8-6-5-7-9-15/h5-11,13,17,22H,3-4,12,14H2,1-2H3,(H,21,23). The normalized spacial score (nSPS) is 11.6. The number of aliphatic hydroxyl groups is 1. The first-order chi connectivity index (χ1) is 12.1. The van der Waals surface area contributed by atoms with Gasteiger partial charge in [-0.2, -0.15) is 0 Å². The zero-order valence-corrected chi connectivity index (χ0v) is 14.7. The van der Waals surface area contributed by atoms with Gasteiger partial charge in [0.25, 0.3) is 5.91 Å². The molecule has 0 aromatic heterocycles. The Kier molecular flexibility index (Phi) is 7.29. The summed E-state index contributed by atoms with van der Waals surface area (Å²) in [4.78, 5) is 12.3. The molecule has 25 heavy (non-hydrogen) atoms. The van der Waals surface area contributed by atoms with Gasteiger partial charge in [0.15, 0.2) is 11.5 Å². The molecule has 0 saturated heterocycles. The van der Waals surface area contributed by atoms with Gasteiger partial charge in [0.1, 0.15) is 0 Å².